The van der Waals surface area contributed by atoms with Crippen molar-refractivity contribution in [2.45, 2.75) is 32.4 Å². The highest BCUT2D eigenvalue weighted by atomic mass is 32.2. The fraction of sp³-hybridized carbons (Fsp3) is 0.400. The van der Waals surface area contributed by atoms with Crippen LogP contribution in [0.4, 0.5) is 5.69 Å². The number of anilines is 1. The summed E-state index contributed by atoms with van der Waals surface area (Å²) in [5.41, 5.74) is 4.69. The first-order valence-electron chi connectivity index (χ1n) is 11.2. The van der Waals surface area contributed by atoms with Crippen molar-refractivity contribution in [2.24, 2.45) is 0 Å². The molecule has 0 radical (unpaired) electrons. The van der Waals surface area contributed by atoms with Crippen LogP contribution in [0.2, 0.25) is 0 Å². The summed E-state index contributed by atoms with van der Waals surface area (Å²) in [7, 11) is 1.04. The molecular formula is C25H32N4O2S. The van der Waals surface area contributed by atoms with Crippen molar-refractivity contribution in [2.75, 3.05) is 38.3 Å². The number of sulfonamides is 1. The smallest absolute Gasteiger partial charge is 0.213 e. The van der Waals surface area contributed by atoms with Crippen LogP contribution in [0.1, 0.15) is 25.3 Å². The zero-order valence-corrected chi connectivity index (χ0v) is 19.9. The zero-order valence-electron chi connectivity index (χ0n) is 19.1. The highest BCUT2D eigenvalue weighted by Crippen LogP contribution is 2.32. The molecule has 3 aromatic rings. The summed E-state index contributed by atoms with van der Waals surface area (Å²) in [4.78, 5) is 6.51. The van der Waals surface area contributed by atoms with Crippen LogP contribution in [0, 0.1) is 0 Å². The fourth-order valence-corrected chi connectivity index (χ4v) is 5.51. The van der Waals surface area contributed by atoms with Crippen LogP contribution in [0.15, 0.2) is 54.9 Å². The van der Waals surface area contributed by atoms with Crippen molar-refractivity contribution < 1.29 is 8.42 Å². The van der Waals surface area contributed by atoms with Crippen molar-refractivity contribution in [3.8, 4) is 11.1 Å². The molecule has 1 aromatic heterocycles. The van der Waals surface area contributed by atoms with Gasteiger partial charge < -0.3 is 10.2 Å². The molecule has 1 saturated heterocycles. The number of hydrogen-bond donors (Lipinski definition) is 1. The molecule has 0 atom stereocenters. The Morgan fingerprint density at radius 2 is 1.88 bits per heavy atom. The predicted molar refractivity (Wildman–Crippen MR) is 132 cm³/mol. The number of pyridine rings is 1. The van der Waals surface area contributed by atoms with Crippen LogP contribution >= 0.6 is 0 Å². The van der Waals surface area contributed by atoms with Gasteiger partial charge in [0.2, 0.25) is 10.0 Å². The third-order valence-corrected chi connectivity index (χ3v) is 7.97. The summed E-state index contributed by atoms with van der Waals surface area (Å²) < 4.78 is 26.0. The highest BCUT2D eigenvalue weighted by Gasteiger charge is 2.26. The van der Waals surface area contributed by atoms with Gasteiger partial charge in [0.1, 0.15) is 0 Å². The molecule has 0 amide bonds. The van der Waals surface area contributed by atoms with Gasteiger partial charge in [0.15, 0.2) is 0 Å². The molecular weight excluding hydrogens is 420 g/mol. The highest BCUT2D eigenvalue weighted by molar-refractivity contribution is 7.89. The van der Waals surface area contributed by atoms with Crippen LogP contribution in [0.5, 0.6) is 0 Å². The first-order chi connectivity index (χ1) is 15.4. The molecule has 1 aliphatic rings. The molecule has 1 fully saturated rings. The fourth-order valence-electron chi connectivity index (χ4n) is 4.38. The van der Waals surface area contributed by atoms with E-state index in [0.717, 1.165) is 41.4 Å². The molecule has 4 rings (SSSR count). The number of aromatic nitrogens is 1. The molecule has 170 valence electrons. The van der Waals surface area contributed by atoms with Crippen LogP contribution < -0.4 is 5.32 Å². The largest absolute Gasteiger partial charge is 0.382 e. The average Bonchev–Trinajstić information content (AvgIpc) is 2.79. The van der Waals surface area contributed by atoms with E-state index in [1.54, 1.807) is 11.2 Å². The van der Waals surface area contributed by atoms with E-state index in [9.17, 15) is 8.42 Å². The van der Waals surface area contributed by atoms with E-state index >= 15 is 0 Å². The second-order valence-electron chi connectivity index (χ2n) is 8.78. The lowest BCUT2D eigenvalue weighted by Crippen LogP contribution is -2.42. The molecule has 0 spiro atoms. The molecule has 0 saturated carbocycles. The van der Waals surface area contributed by atoms with Crippen molar-refractivity contribution in [1.82, 2.24) is 14.2 Å². The molecule has 0 unspecified atom stereocenters. The Balaban J connectivity index is 1.61. The normalized spacial score (nSPS) is 16.0. The molecule has 6 nitrogen and oxygen atoms in total. The number of nitrogens with one attached hydrogen (secondary N) is 1. The maximum atomic E-state index is 12.2. The second-order valence-corrected chi connectivity index (χ2v) is 11.0. The number of hydrogen-bond acceptors (Lipinski definition) is 5. The molecule has 1 aliphatic heterocycles. The Morgan fingerprint density at radius 3 is 2.59 bits per heavy atom. The van der Waals surface area contributed by atoms with Gasteiger partial charge in [-0.25, -0.2) is 12.7 Å². The molecule has 7 heteroatoms. The van der Waals surface area contributed by atoms with E-state index < -0.39 is 10.0 Å². The van der Waals surface area contributed by atoms with Crippen LogP contribution in [0.25, 0.3) is 21.9 Å². The number of rotatable bonds is 7. The number of piperidine rings is 1. The van der Waals surface area contributed by atoms with Crippen molar-refractivity contribution >= 4 is 26.5 Å². The molecule has 2 heterocycles. The van der Waals surface area contributed by atoms with Gasteiger partial charge in [-0.3, -0.25) is 4.98 Å². The lowest BCUT2D eigenvalue weighted by atomic mass is 9.98. The molecule has 0 aliphatic carbocycles. The summed E-state index contributed by atoms with van der Waals surface area (Å²) in [5.74, 6) is 0.163. The summed E-state index contributed by atoms with van der Waals surface area (Å²) in [5, 5.41) is 5.93. The SMILES string of the molecule is CCS(=O)(=O)N1CCC(Nc2cc(-c3cccc(CN(C)C)c3)cc3ccncc23)CC1. The maximum Gasteiger partial charge on any atom is 0.213 e. The Hall–Kier alpha value is -2.48. The summed E-state index contributed by atoms with van der Waals surface area (Å²) >= 11 is 0. The monoisotopic (exact) mass is 452 g/mol. The minimum atomic E-state index is -3.12. The Labute approximate surface area is 191 Å². The van der Waals surface area contributed by atoms with Gasteiger partial charge in [-0.1, -0.05) is 18.2 Å². The van der Waals surface area contributed by atoms with Gasteiger partial charge in [-0.15, -0.1) is 0 Å². The number of benzene rings is 2. The summed E-state index contributed by atoms with van der Waals surface area (Å²) in [6.45, 7) is 3.74. The first kappa shape index (κ1) is 22.7. The lowest BCUT2D eigenvalue weighted by Gasteiger charge is -2.32. The molecule has 0 bridgehead atoms. The average molecular weight is 453 g/mol. The topological polar surface area (TPSA) is 65.5 Å². The molecule has 2 aromatic carbocycles. The van der Waals surface area contributed by atoms with Crippen molar-refractivity contribution in [1.29, 1.82) is 0 Å². The maximum absolute atomic E-state index is 12.2. The van der Waals surface area contributed by atoms with E-state index in [0.29, 0.717) is 13.1 Å². The van der Waals surface area contributed by atoms with Gasteiger partial charge in [0.25, 0.3) is 0 Å². The minimum absolute atomic E-state index is 0.163. The van der Waals surface area contributed by atoms with Crippen LogP contribution in [-0.2, 0) is 16.6 Å². The lowest BCUT2D eigenvalue weighted by molar-refractivity contribution is 0.330. The summed E-state index contributed by atoms with van der Waals surface area (Å²) in [6.07, 6.45) is 5.32. The van der Waals surface area contributed by atoms with Crippen LogP contribution in [0.3, 0.4) is 0 Å². The van der Waals surface area contributed by atoms with E-state index in [4.69, 9.17) is 0 Å². The molecule has 1 N–H and O–H groups in total. The van der Waals surface area contributed by atoms with Gasteiger partial charge >= 0.3 is 0 Å². The van der Waals surface area contributed by atoms with Crippen molar-refractivity contribution in [3.05, 3.63) is 60.4 Å². The second kappa shape index (κ2) is 9.57. The molecule has 32 heavy (non-hydrogen) atoms. The Morgan fingerprint density at radius 1 is 1.09 bits per heavy atom. The van der Waals surface area contributed by atoms with Gasteiger partial charge in [-0.05, 0) is 80.2 Å². The quantitative estimate of drug-likeness (QED) is 0.582. The minimum Gasteiger partial charge on any atom is -0.382 e. The van der Waals surface area contributed by atoms with Gasteiger partial charge in [0.05, 0.1) is 5.75 Å². The first-order valence-corrected chi connectivity index (χ1v) is 12.8. The van der Waals surface area contributed by atoms with E-state index in [1.165, 1.54) is 11.1 Å². The Kier molecular flexibility index (Phi) is 6.79. The Bertz CT molecular complexity index is 1190. The van der Waals surface area contributed by atoms with Crippen molar-refractivity contribution in [3.63, 3.8) is 0 Å². The van der Waals surface area contributed by atoms with Gasteiger partial charge in [0, 0.05) is 49.1 Å². The standard InChI is InChI=1S/C25H32N4O2S/c1-4-32(30,31)29-12-9-23(10-13-29)27-25-16-22(15-21-8-11-26-17-24(21)25)20-7-5-6-19(14-20)18-28(2)3/h5-8,11,14-17,23,27H,4,9-10,12-13,18H2,1-3H3. The number of nitrogens with zero attached hydrogens (tertiary/aromatic N) is 3. The predicted octanol–water partition coefficient (Wildman–Crippen LogP) is 4.19. The van der Waals surface area contributed by atoms with Gasteiger partial charge in [-0.2, -0.15) is 0 Å². The summed E-state index contributed by atoms with van der Waals surface area (Å²) in [6, 6.07) is 15.4. The zero-order chi connectivity index (χ0) is 22.7. The number of fused-ring (bicyclic) bond motifs is 1. The third kappa shape index (κ3) is 5.11. The van der Waals surface area contributed by atoms with E-state index in [2.05, 4.69) is 65.7 Å². The third-order valence-electron chi connectivity index (χ3n) is 6.09. The van der Waals surface area contributed by atoms with E-state index in [1.807, 2.05) is 18.5 Å². The van der Waals surface area contributed by atoms with E-state index in [-0.39, 0.29) is 11.8 Å². The van der Waals surface area contributed by atoms with Crippen LogP contribution in [-0.4, -0.2) is 61.6 Å².